The molecule has 0 saturated carbocycles. The Hall–Kier alpha value is -2.15. The first-order chi connectivity index (χ1) is 12.6. The van der Waals surface area contributed by atoms with Crippen molar-refractivity contribution in [2.24, 2.45) is 7.05 Å². The van der Waals surface area contributed by atoms with Crippen molar-refractivity contribution < 1.29 is 0 Å². The molecule has 1 aromatic carbocycles. The van der Waals surface area contributed by atoms with Crippen LogP contribution < -0.4 is 5.32 Å². The lowest BCUT2D eigenvalue weighted by molar-refractivity contribution is 0.144. The molecule has 1 aliphatic heterocycles. The number of nitrogens with one attached hydrogen (secondary N) is 1. The van der Waals surface area contributed by atoms with Gasteiger partial charge in [0.2, 0.25) is 0 Å². The molecule has 0 aliphatic carbocycles. The minimum absolute atomic E-state index is 0.266. The number of imidazole rings is 1. The van der Waals surface area contributed by atoms with E-state index in [1.807, 2.05) is 41.3 Å². The summed E-state index contributed by atoms with van der Waals surface area (Å²) in [4.78, 5) is 7.04. The van der Waals surface area contributed by atoms with Crippen molar-refractivity contribution in [3.8, 4) is 5.69 Å². The maximum absolute atomic E-state index is 5.99. The Bertz CT molecular complexity index is 882. The second-order valence-electron chi connectivity index (χ2n) is 6.75. The summed E-state index contributed by atoms with van der Waals surface area (Å²) in [7, 11) is 2.05. The van der Waals surface area contributed by atoms with Crippen molar-refractivity contribution >= 4 is 11.6 Å². The van der Waals surface area contributed by atoms with E-state index in [9.17, 15) is 0 Å². The topological polar surface area (TPSA) is 50.9 Å². The second-order valence-corrected chi connectivity index (χ2v) is 7.18. The highest BCUT2D eigenvalue weighted by Crippen LogP contribution is 2.24. The number of hydrogen-bond donors (Lipinski definition) is 1. The molecule has 1 aliphatic rings. The molecule has 136 valence electrons. The van der Waals surface area contributed by atoms with E-state index in [-0.39, 0.29) is 6.04 Å². The van der Waals surface area contributed by atoms with Crippen LogP contribution in [-0.4, -0.2) is 43.9 Å². The number of piperazine rings is 1. The van der Waals surface area contributed by atoms with Gasteiger partial charge in [0.15, 0.2) is 0 Å². The average Bonchev–Trinajstić information content (AvgIpc) is 3.22. The largest absolute Gasteiger partial charge is 0.337 e. The van der Waals surface area contributed by atoms with Gasteiger partial charge in [-0.3, -0.25) is 4.90 Å². The molecular weight excluding hydrogens is 348 g/mol. The van der Waals surface area contributed by atoms with Crippen molar-refractivity contribution in [1.82, 2.24) is 29.5 Å². The first kappa shape index (κ1) is 17.3. The molecule has 1 unspecified atom stereocenters. The summed E-state index contributed by atoms with van der Waals surface area (Å²) in [6.07, 6.45) is 5.99. The number of rotatable bonds is 4. The number of benzene rings is 1. The molecule has 1 fully saturated rings. The lowest BCUT2D eigenvalue weighted by Gasteiger charge is -2.35. The molecule has 26 heavy (non-hydrogen) atoms. The first-order valence-electron chi connectivity index (χ1n) is 8.85. The van der Waals surface area contributed by atoms with Crippen LogP contribution >= 0.6 is 11.6 Å². The van der Waals surface area contributed by atoms with Crippen molar-refractivity contribution in [2.75, 3.05) is 19.6 Å². The number of halogens is 1. The van der Waals surface area contributed by atoms with Gasteiger partial charge in [0.1, 0.15) is 5.82 Å². The number of nitrogens with zero attached hydrogens (tertiary/aromatic N) is 5. The molecule has 6 nitrogen and oxygen atoms in total. The molecule has 1 N–H and O–H groups in total. The predicted molar refractivity (Wildman–Crippen MR) is 103 cm³/mol. The van der Waals surface area contributed by atoms with Crippen LogP contribution in [0.1, 0.15) is 23.1 Å². The van der Waals surface area contributed by atoms with Crippen LogP contribution in [0.15, 0.2) is 42.9 Å². The van der Waals surface area contributed by atoms with Crippen molar-refractivity contribution in [3.63, 3.8) is 0 Å². The zero-order chi connectivity index (χ0) is 18.1. The Morgan fingerprint density at radius 3 is 2.81 bits per heavy atom. The van der Waals surface area contributed by atoms with Gasteiger partial charge in [0, 0.05) is 62.4 Å². The molecule has 0 spiro atoms. The van der Waals surface area contributed by atoms with E-state index in [0.29, 0.717) is 0 Å². The van der Waals surface area contributed by atoms with E-state index in [4.69, 9.17) is 16.7 Å². The summed E-state index contributed by atoms with van der Waals surface area (Å²) in [5.74, 6) is 1.10. The zero-order valence-corrected chi connectivity index (χ0v) is 15.8. The molecule has 2 aromatic heterocycles. The fraction of sp³-hybridized carbons (Fsp3) is 0.368. The summed E-state index contributed by atoms with van der Waals surface area (Å²) in [6, 6.07) is 8.02. The quantitative estimate of drug-likeness (QED) is 0.767. The zero-order valence-electron chi connectivity index (χ0n) is 15.1. The van der Waals surface area contributed by atoms with Gasteiger partial charge in [-0.25, -0.2) is 9.67 Å². The lowest BCUT2D eigenvalue weighted by atomic mass is 10.1. The smallest absolute Gasteiger partial charge is 0.127 e. The van der Waals surface area contributed by atoms with Gasteiger partial charge in [-0.05, 0) is 31.2 Å². The van der Waals surface area contributed by atoms with E-state index < -0.39 is 0 Å². The Labute approximate surface area is 158 Å². The molecular formula is C19H23ClN6. The highest BCUT2D eigenvalue weighted by molar-refractivity contribution is 6.30. The van der Waals surface area contributed by atoms with Crippen molar-refractivity contribution in [2.45, 2.75) is 19.5 Å². The number of hydrogen-bond acceptors (Lipinski definition) is 4. The van der Waals surface area contributed by atoms with E-state index in [0.717, 1.165) is 48.4 Å². The van der Waals surface area contributed by atoms with Crippen LogP contribution in [0.3, 0.4) is 0 Å². The van der Waals surface area contributed by atoms with Gasteiger partial charge in [-0.2, -0.15) is 5.10 Å². The van der Waals surface area contributed by atoms with E-state index in [2.05, 4.69) is 39.9 Å². The molecule has 3 heterocycles. The van der Waals surface area contributed by atoms with Crippen LogP contribution in [-0.2, 0) is 13.6 Å². The highest BCUT2D eigenvalue weighted by Gasteiger charge is 2.27. The van der Waals surface area contributed by atoms with Gasteiger partial charge < -0.3 is 9.88 Å². The van der Waals surface area contributed by atoms with Gasteiger partial charge >= 0.3 is 0 Å². The van der Waals surface area contributed by atoms with Gasteiger partial charge in [0.25, 0.3) is 0 Å². The van der Waals surface area contributed by atoms with E-state index in [1.165, 1.54) is 5.56 Å². The number of aromatic nitrogens is 4. The third-order valence-electron chi connectivity index (χ3n) is 4.98. The lowest BCUT2D eigenvalue weighted by Crippen LogP contribution is -2.46. The molecule has 0 amide bonds. The Kier molecular flexibility index (Phi) is 4.80. The predicted octanol–water partition coefficient (Wildman–Crippen LogP) is 2.71. The maximum Gasteiger partial charge on any atom is 0.127 e. The van der Waals surface area contributed by atoms with Gasteiger partial charge in [0.05, 0.1) is 17.4 Å². The molecule has 7 heteroatoms. The van der Waals surface area contributed by atoms with Crippen LogP contribution in [0.25, 0.3) is 5.69 Å². The minimum atomic E-state index is 0.266. The maximum atomic E-state index is 5.99. The van der Waals surface area contributed by atoms with Crippen molar-refractivity contribution in [1.29, 1.82) is 0 Å². The average molecular weight is 371 g/mol. The van der Waals surface area contributed by atoms with Gasteiger partial charge in [-0.1, -0.05) is 11.6 Å². The van der Waals surface area contributed by atoms with Crippen LogP contribution in [0, 0.1) is 6.92 Å². The Balaban J connectivity index is 1.58. The molecule has 0 radical (unpaired) electrons. The van der Waals surface area contributed by atoms with Crippen LogP contribution in [0.4, 0.5) is 0 Å². The normalized spacial score (nSPS) is 18.3. The SMILES string of the molecule is Cc1nn(-c2ccc(Cl)cc2)cc1CN1CCNCC1c1nccn1C. The van der Waals surface area contributed by atoms with Crippen LogP contribution in [0.2, 0.25) is 5.02 Å². The fourth-order valence-electron chi connectivity index (χ4n) is 3.48. The fourth-order valence-corrected chi connectivity index (χ4v) is 3.61. The second kappa shape index (κ2) is 7.23. The monoisotopic (exact) mass is 370 g/mol. The summed E-state index contributed by atoms with van der Waals surface area (Å²) < 4.78 is 4.04. The summed E-state index contributed by atoms with van der Waals surface area (Å²) in [5, 5.41) is 8.91. The molecule has 0 bridgehead atoms. The molecule has 1 saturated heterocycles. The first-order valence-corrected chi connectivity index (χ1v) is 9.22. The Morgan fingerprint density at radius 1 is 1.27 bits per heavy atom. The number of aryl methyl sites for hydroxylation is 2. The standard InChI is InChI=1S/C19H23ClN6/c1-14-15(13-26(23-14)17-5-3-16(20)4-6-17)12-25-10-7-21-11-18(25)19-22-8-9-24(19)2/h3-6,8-9,13,18,21H,7,10-12H2,1-2H3. The summed E-state index contributed by atoms with van der Waals surface area (Å²) >= 11 is 5.99. The summed E-state index contributed by atoms with van der Waals surface area (Å²) in [6.45, 7) is 5.82. The third-order valence-corrected chi connectivity index (χ3v) is 5.23. The Morgan fingerprint density at radius 2 is 2.08 bits per heavy atom. The molecule has 1 atom stereocenters. The highest BCUT2D eigenvalue weighted by atomic mass is 35.5. The van der Waals surface area contributed by atoms with E-state index in [1.54, 1.807) is 0 Å². The third kappa shape index (κ3) is 3.40. The van der Waals surface area contributed by atoms with Crippen LogP contribution in [0.5, 0.6) is 0 Å². The van der Waals surface area contributed by atoms with Gasteiger partial charge in [-0.15, -0.1) is 0 Å². The molecule has 3 aromatic rings. The summed E-state index contributed by atoms with van der Waals surface area (Å²) in [5.41, 5.74) is 3.31. The van der Waals surface area contributed by atoms with E-state index >= 15 is 0 Å². The minimum Gasteiger partial charge on any atom is -0.337 e. The molecule has 4 rings (SSSR count). The van der Waals surface area contributed by atoms with Crippen molar-refractivity contribution in [3.05, 3.63) is 65.0 Å².